The number of benzene rings is 1. The Balaban J connectivity index is 1.39. The molecule has 1 aromatic carbocycles. The standard InChI is InChI=1S/C20H16N10/c1-30-28-19(27-29-30)17-7-3-12(11-23-17)2-6-16-14-5-4-13(10-18(14)26-25-16)15-8-9-22-20(21)24-15/h2-11H,1H3,(H,25,26)(H2,21,22,24)/b6-2+. The number of rotatable bonds is 4. The van der Waals surface area contributed by atoms with Crippen LogP contribution in [0.15, 0.2) is 48.8 Å². The Morgan fingerprint density at radius 1 is 1.03 bits per heavy atom. The van der Waals surface area contributed by atoms with Gasteiger partial charge in [0.15, 0.2) is 0 Å². The van der Waals surface area contributed by atoms with E-state index < -0.39 is 0 Å². The Morgan fingerprint density at radius 2 is 1.97 bits per heavy atom. The summed E-state index contributed by atoms with van der Waals surface area (Å²) in [7, 11) is 1.72. The zero-order chi connectivity index (χ0) is 20.5. The molecule has 146 valence electrons. The third-order valence-corrected chi connectivity index (χ3v) is 4.52. The van der Waals surface area contributed by atoms with E-state index in [2.05, 4.69) is 40.6 Å². The van der Waals surface area contributed by atoms with Crippen molar-refractivity contribution in [1.29, 1.82) is 0 Å². The first-order valence-corrected chi connectivity index (χ1v) is 9.11. The predicted molar refractivity (Wildman–Crippen MR) is 112 cm³/mol. The Bertz CT molecular complexity index is 1360. The van der Waals surface area contributed by atoms with Gasteiger partial charge in [0.05, 0.1) is 24.0 Å². The van der Waals surface area contributed by atoms with Gasteiger partial charge in [-0.05, 0) is 41.1 Å². The normalized spacial score (nSPS) is 11.5. The smallest absolute Gasteiger partial charge is 0.223 e. The van der Waals surface area contributed by atoms with Crippen LogP contribution in [0.4, 0.5) is 5.95 Å². The van der Waals surface area contributed by atoms with Crippen molar-refractivity contribution < 1.29 is 0 Å². The van der Waals surface area contributed by atoms with Gasteiger partial charge in [-0.25, -0.2) is 9.97 Å². The molecule has 0 spiro atoms. The maximum Gasteiger partial charge on any atom is 0.223 e. The molecular formula is C20H16N10. The van der Waals surface area contributed by atoms with Crippen molar-refractivity contribution in [2.75, 3.05) is 5.73 Å². The highest BCUT2D eigenvalue weighted by Crippen LogP contribution is 2.25. The molecule has 0 unspecified atom stereocenters. The number of nitrogens with one attached hydrogen (secondary N) is 1. The Hall–Kier alpha value is -4.47. The van der Waals surface area contributed by atoms with Gasteiger partial charge >= 0.3 is 0 Å². The highest BCUT2D eigenvalue weighted by Gasteiger charge is 2.08. The van der Waals surface area contributed by atoms with Gasteiger partial charge in [-0.2, -0.15) is 9.90 Å². The quantitative estimate of drug-likeness (QED) is 0.472. The van der Waals surface area contributed by atoms with Crippen LogP contribution in [-0.2, 0) is 7.05 Å². The molecule has 3 N–H and O–H groups in total. The van der Waals surface area contributed by atoms with Crippen LogP contribution in [0.25, 0.3) is 45.8 Å². The van der Waals surface area contributed by atoms with Gasteiger partial charge in [0, 0.05) is 23.3 Å². The number of aromatic amines is 1. The molecule has 0 amide bonds. The number of anilines is 1. The summed E-state index contributed by atoms with van der Waals surface area (Å²) in [6.07, 6.45) is 7.30. The van der Waals surface area contributed by atoms with Gasteiger partial charge in [0.1, 0.15) is 5.69 Å². The van der Waals surface area contributed by atoms with Crippen molar-refractivity contribution in [3.63, 3.8) is 0 Å². The first kappa shape index (κ1) is 17.6. The number of fused-ring (bicyclic) bond motifs is 1. The minimum atomic E-state index is 0.246. The lowest BCUT2D eigenvalue weighted by molar-refractivity contribution is 0.630. The van der Waals surface area contributed by atoms with Gasteiger partial charge in [-0.15, -0.1) is 10.2 Å². The summed E-state index contributed by atoms with van der Waals surface area (Å²) in [5.74, 6) is 0.739. The van der Waals surface area contributed by atoms with E-state index in [4.69, 9.17) is 5.73 Å². The topological polar surface area (TPSA) is 137 Å². The summed E-state index contributed by atoms with van der Waals surface area (Å²) in [6.45, 7) is 0. The first-order chi connectivity index (χ1) is 14.7. The van der Waals surface area contributed by atoms with Crippen molar-refractivity contribution >= 4 is 29.0 Å². The first-order valence-electron chi connectivity index (χ1n) is 9.11. The summed E-state index contributed by atoms with van der Waals surface area (Å²) >= 11 is 0. The molecule has 0 bridgehead atoms. The lowest BCUT2D eigenvalue weighted by atomic mass is 10.1. The predicted octanol–water partition coefficient (Wildman–Crippen LogP) is 2.36. The lowest BCUT2D eigenvalue weighted by Crippen LogP contribution is -1.94. The molecule has 0 atom stereocenters. The van der Waals surface area contributed by atoms with Crippen LogP contribution in [0.5, 0.6) is 0 Å². The molecule has 10 heteroatoms. The molecule has 0 saturated carbocycles. The monoisotopic (exact) mass is 396 g/mol. The van der Waals surface area contributed by atoms with E-state index >= 15 is 0 Å². The SMILES string of the molecule is Cn1nnc(-c2ccc(/C=C/c3n[nH]c4cc(-c5ccnc(N)n5)ccc34)cn2)n1. The fourth-order valence-corrected chi connectivity index (χ4v) is 3.06. The third-order valence-electron chi connectivity index (χ3n) is 4.52. The number of aryl methyl sites for hydroxylation is 1. The summed E-state index contributed by atoms with van der Waals surface area (Å²) in [5.41, 5.74) is 10.7. The summed E-state index contributed by atoms with van der Waals surface area (Å²) < 4.78 is 0. The molecule has 5 aromatic rings. The van der Waals surface area contributed by atoms with Crippen LogP contribution < -0.4 is 5.73 Å². The Kier molecular flexibility index (Phi) is 4.21. The van der Waals surface area contributed by atoms with E-state index in [1.807, 2.05) is 48.6 Å². The Morgan fingerprint density at radius 3 is 2.73 bits per heavy atom. The van der Waals surface area contributed by atoms with Gasteiger partial charge < -0.3 is 5.73 Å². The van der Waals surface area contributed by atoms with E-state index in [1.165, 1.54) is 4.80 Å². The van der Waals surface area contributed by atoms with Crippen molar-refractivity contribution in [1.82, 2.24) is 45.4 Å². The fraction of sp³-hybridized carbons (Fsp3) is 0.0500. The number of aromatic nitrogens is 9. The van der Waals surface area contributed by atoms with E-state index in [-0.39, 0.29) is 5.95 Å². The number of hydrogen-bond donors (Lipinski definition) is 2. The molecule has 0 aliphatic rings. The van der Waals surface area contributed by atoms with Gasteiger partial charge in [0.2, 0.25) is 11.8 Å². The molecule has 0 aliphatic carbocycles. The van der Waals surface area contributed by atoms with Crippen molar-refractivity contribution in [3.05, 3.63) is 60.0 Å². The molecule has 0 saturated heterocycles. The number of nitrogens with two attached hydrogens (primary N) is 1. The van der Waals surface area contributed by atoms with E-state index in [0.717, 1.165) is 33.4 Å². The van der Waals surface area contributed by atoms with Crippen LogP contribution in [0.3, 0.4) is 0 Å². The van der Waals surface area contributed by atoms with Crippen LogP contribution in [0, 0.1) is 0 Å². The fourth-order valence-electron chi connectivity index (χ4n) is 3.06. The minimum Gasteiger partial charge on any atom is -0.368 e. The molecule has 0 aliphatic heterocycles. The lowest BCUT2D eigenvalue weighted by Gasteiger charge is -2.01. The second kappa shape index (κ2) is 7.17. The van der Waals surface area contributed by atoms with Crippen molar-refractivity contribution in [2.24, 2.45) is 7.05 Å². The molecule has 0 fully saturated rings. The molecular weight excluding hydrogens is 380 g/mol. The second-order valence-electron chi connectivity index (χ2n) is 6.58. The Labute approximate surface area is 170 Å². The minimum absolute atomic E-state index is 0.246. The van der Waals surface area contributed by atoms with Crippen LogP contribution in [0.2, 0.25) is 0 Å². The molecule has 4 aromatic heterocycles. The summed E-state index contributed by atoms with van der Waals surface area (Å²) in [5, 5.41) is 20.4. The zero-order valence-electron chi connectivity index (χ0n) is 15.9. The number of nitrogen functional groups attached to an aromatic ring is 1. The van der Waals surface area contributed by atoms with Gasteiger partial charge in [-0.1, -0.05) is 18.2 Å². The molecule has 5 rings (SSSR count). The van der Waals surface area contributed by atoms with Gasteiger partial charge in [0.25, 0.3) is 0 Å². The largest absolute Gasteiger partial charge is 0.368 e. The number of nitrogens with zero attached hydrogens (tertiary/aromatic N) is 8. The average Bonchev–Trinajstić information content (AvgIpc) is 3.38. The van der Waals surface area contributed by atoms with E-state index in [9.17, 15) is 0 Å². The number of H-pyrrole nitrogens is 1. The zero-order valence-corrected chi connectivity index (χ0v) is 15.9. The second-order valence-corrected chi connectivity index (χ2v) is 6.58. The number of tetrazole rings is 1. The van der Waals surface area contributed by atoms with Crippen LogP contribution in [0.1, 0.15) is 11.3 Å². The number of hydrogen-bond acceptors (Lipinski definition) is 8. The molecule has 0 radical (unpaired) electrons. The maximum absolute atomic E-state index is 5.68. The molecule has 30 heavy (non-hydrogen) atoms. The highest BCUT2D eigenvalue weighted by molar-refractivity contribution is 5.91. The van der Waals surface area contributed by atoms with E-state index in [0.29, 0.717) is 11.5 Å². The van der Waals surface area contributed by atoms with Crippen LogP contribution in [-0.4, -0.2) is 45.4 Å². The molecule has 4 heterocycles. The molecule has 10 nitrogen and oxygen atoms in total. The summed E-state index contributed by atoms with van der Waals surface area (Å²) in [6, 6.07) is 11.6. The highest BCUT2D eigenvalue weighted by atomic mass is 15.6. The van der Waals surface area contributed by atoms with Crippen LogP contribution >= 0.6 is 0 Å². The summed E-state index contributed by atoms with van der Waals surface area (Å²) in [4.78, 5) is 14.0. The third kappa shape index (κ3) is 3.37. The van der Waals surface area contributed by atoms with Crippen molar-refractivity contribution in [2.45, 2.75) is 0 Å². The number of pyridine rings is 1. The maximum atomic E-state index is 5.68. The average molecular weight is 396 g/mol. The van der Waals surface area contributed by atoms with Crippen molar-refractivity contribution in [3.8, 4) is 22.8 Å². The van der Waals surface area contributed by atoms with Gasteiger partial charge in [-0.3, -0.25) is 10.1 Å². The van der Waals surface area contributed by atoms with E-state index in [1.54, 1.807) is 19.4 Å².